The number of para-hydroxylation sites is 2. The molecule has 0 atom stereocenters. The van der Waals surface area contributed by atoms with Crippen LogP contribution in [0.5, 0.6) is 0 Å². The molecule has 4 N–H and O–H groups in total. The average Bonchev–Trinajstić information content (AvgIpc) is 2.58. The Morgan fingerprint density at radius 1 is 1.12 bits per heavy atom. The highest BCUT2D eigenvalue weighted by Crippen LogP contribution is 2.35. The van der Waals surface area contributed by atoms with Crippen molar-refractivity contribution < 1.29 is 0 Å². The van der Waals surface area contributed by atoms with Crippen LogP contribution in [0, 0.1) is 0 Å². The molecule has 0 amide bonds. The third-order valence-corrected chi connectivity index (χ3v) is 4.63. The van der Waals surface area contributed by atoms with Crippen molar-refractivity contribution in [3.05, 3.63) is 47.9 Å². The van der Waals surface area contributed by atoms with Gasteiger partial charge in [0.2, 0.25) is 5.95 Å². The summed E-state index contributed by atoms with van der Waals surface area (Å²) in [6.07, 6.45) is 3.71. The highest BCUT2D eigenvalue weighted by molar-refractivity contribution is 5.73. The van der Waals surface area contributed by atoms with Gasteiger partial charge in [0, 0.05) is 25.1 Å². The molecular weight excluding hydrogens is 314 g/mol. The highest BCUT2D eigenvalue weighted by atomic mass is 15.2. The molecule has 4 rings (SSSR count). The summed E-state index contributed by atoms with van der Waals surface area (Å²) in [5.74, 6) is 1.47. The summed E-state index contributed by atoms with van der Waals surface area (Å²) < 4.78 is 0. The van der Waals surface area contributed by atoms with Crippen molar-refractivity contribution in [1.82, 2.24) is 19.9 Å². The average molecular weight is 335 g/mol. The summed E-state index contributed by atoms with van der Waals surface area (Å²) in [5, 5.41) is 0. The number of aromatic nitrogens is 4. The molecule has 7 heteroatoms. The Kier molecular flexibility index (Phi) is 3.93. The maximum absolute atomic E-state index is 5.91. The van der Waals surface area contributed by atoms with Gasteiger partial charge >= 0.3 is 0 Å². The lowest BCUT2D eigenvalue weighted by Gasteiger charge is -2.32. The predicted octanol–water partition coefficient (Wildman–Crippen LogP) is 1.84. The summed E-state index contributed by atoms with van der Waals surface area (Å²) in [7, 11) is 1.97. The van der Waals surface area contributed by atoms with Crippen molar-refractivity contribution in [1.29, 1.82) is 0 Å². The normalized spacial score (nSPS) is 19.6. The lowest BCUT2D eigenvalue weighted by atomic mass is 9.78. The number of hydrogen-bond acceptors (Lipinski definition) is 7. The van der Waals surface area contributed by atoms with Crippen molar-refractivity contribution in [2.75, 3.05) is 17.7 Å². The van der Waals surface area contributed by atoms with Crippen LogP contribution in [-0.2, 0) is 6.54 Å². The van der Waals surface area contributed by atoms with E-state index in [1.54, 1.807) is 6.20 Å². The van der Waals surface area contributed by atoms with E-state index in [1.165, 1.54) is 0 Å². The van der Waals surface area contributed by atoms with Crippen LogP contribution in [0.4, 0.5) is 11.8 Å². The Hall–Kier alpha value is -2.80. The Labute approximate surface area is 146 Å². The molecule has 0 saturated heterocycles. The van der Waals surface area contributed by atoms with E-state index in [1.807, 2.05) is 42.3 Å². The van der Waals surface area contributed by atoms with Crippen molar-refractivity contribution in [3.8, 4) is 0 Å². The fourth-order valence-electron chi connectivity index (χ4n) is 3.18. The fraction of sp³-hybridized carbons (Fsp3) is 0.333. The zero-order chi connectivity index (χ0) is 17.4. The van der Waals surface area contributed by atoms with Crippen molar-refractivity contribution in [3.63, 3.8) is 0 Å². The summed E-state index contributed by atoms with van der Waals surface area (Å²) in [6, 6.07) is 10.1. The molecule has 0 spiro atoms. The van der Waals surface area contributed by atoms with Crippen LogP contribution >= 0.6 is 0 Å². The lowest BCUT2D eigenvalue weighted by Crippen LogP contribution is -2.35. The molecule has 25 heavy (non-hydrogen) atoms. The van der Waals surface area contributed by atoms with Gasteiger partial charge < -0.3 is 16.4 Å². The standard InChI is InChI=1S/C18H21N7/c1-25(10-13-9-21-14-4-2-3-5-15(14)22-13)17-8-16(23-18(20)24-17)11-6-12(19)7-11/h2-5,8-9,11-12H,6-7,10,19H2,1H3,(H2,20,23,24). The SMILES string of the molecule is CN(Cc1cnc2ccccc2n1)c1cc(C2CC(N)C2)nc(N)n1. The smallest absolute Gasteiger partial charge is 0.222 e. The van der Waals surface area contributed by atoms with E-state index < -0.39 is 0 Å². The van der Waals surface area contributed by atoms with Crippen LogP contribution in [0.1, 0.15) is 30.1 Å². The largest absolute Gasteiger partial charge is 0.368 e. The first-order chi connectivity index (χ1) is 12.1. The van der Waals surface area contributed by atoms with Crippen LogP contribution in [0.25, 0.3) is 11.0 Å². The number of nitrogens with two attached hydrogens (primary N) is 2. The van der Waals surface area contributed by atoms with Crippen LogP contribution < -0.4 is 16.4 Å². The third kappa shape index (κ3) is 3.23. The molecule has 0 radical (unpaired) electrons. The van der Waals surface area contributed by atoms with Gasteiger partial charge in [0.1, 0.15) is 5.82 Å². The van der Waals surface area contributed by atoms with Gasteiger partial charge in [0.05, 0.1) is 35.2 Å². The molecule has 1 fully saturated rings. The van der Waals surface area contributed by atoms with Crippen LogP contribution in [0.3, 0.4) is 0 Å². The van der Waals surface area contributed by atoms with Gasteiger partial charge in [0.25, 0.3) is 0 Å². The van der Waals surface area contributed by atoms with Crippen LogP contribution in [0.15, 0.2) is 36.5 Å². The van der Waals surface area contributed by atoms with Gasteiger partial charge in [-0.1, -0.05) is 12.1 Å². The number of nitrogens with zero attached hydrogens (tertiary/aromatic N) is 5. The van der Waals surface area contributed by atoms with E-state index in [2.05, 4.69) is 19.9 Å². The second-order valence-corrected chi connectivity index (χ2v) is 6.64. The fourth-order valence-corrected chi connectivity index (χ4v) is 3.18. The number of nitrogen functional groups attached to an aromatic ring is 1. The topological polar surface area (TPSA) is 107 Å². The van der Waals surface area contributed by atoms with E-state index in [0.29, 0.717) is 18.4 Å². The molecule has 1 aliphatic carbocycles. The van der Waals surface area contributed by atoms with E-state index in [-0.39, 0.29) is 6.04 Å². The quantitative estimate of drug-likeness (QED) is 0.749. The van der Waals surface area contributed by atoms with Gasteiger partial charge in [-0.05, 0) is 25.0 Å². The number of hydrogen-bond donors (Lipinski definition) is 2. The minimum atomic E-state index is 0.273. The van der Waals surface area contributed by atoms with Gasteiger partial charge in [0.15, 0.2) is 0 Å². The summed E-state index contributed by atoms with van der Waals surface area (Å²) >= 11 is 0. The predicted molar refractivity (Wildman–Crippen MR) is 98.0 cm³/mol. The summed E-state index contributed by atoms with van der Waals surface area (Å²) in [6.45, 7) is 0.595. The number of benzene rings is 1. The molecule has 0 unspecified atom stereocenters. The molecule has 0 bridgehead atoms. The minimum absolute atomic E-state index is 0.273. The van der Waals surface area contributed by atoms with Crippen molar-refractivity contribution in [2.45, 2.75) is 31.3 Å². The minimum Gasteiger partial charge on any atom is -0.368 e. The highest BCUT2D eigenvalue weighted by Gasteiger charge is 2.29. The lowest BCUT2D eigenvalue weighted by molar-refractivity contribution is 0.345. The zero-order valence-electron chi connectivity index (χ0n) is 14.1. The monoisotopic (exact) mass is 335 g/mol. The molecule has 2 heterocycles. The van der Waals surface area contributed by atoms with Gasteiger partial charge in [-0.2, -0.15) is 4.98 Å². The molecule has 1 aliphatic rings. The molecule has 0 aliphatic heterocycles. The Balaban J connectivity index is 1.56. The molecule has 1 saturated carbocycles. The summed E-state index contributed by atoms with van der Waals surface area (Å²) in [5.41, 5.74) is 15.4. The third-order valence-electron chi connectivity index (χ3n) is 4.63. The maximum Gasteiger partial charge on any atom is 0.222 e. The van der Waals surface area contributed by atoms with E-state index in [0.717, 1.165) is 41.1 Å². The molecule has 7 nitrogen and oxygen atoms in total. The Morgan fingerprint density at radius 3 is 2.64 bits per heavy atom. The van der Waals surface area contributed by atoms with Crippen LogP contribution in [0.2, 0.25) is 0 Å². The zero-order valence-corrected chi connectivity index (χ0v) is 14.1. The van der Waals surface area contributed by atoms with Crippen molar-refractivity contribution in [2.24, 2.45) is 5.73 Å². The first-order valence-corrected chi connectivity index (χ1v) is 8.40. The van der Waals surface area contributed by atoms with Crippen LogP contribution in [-0.4, -0.2) is 33.0 Å². The maximum atomic E-state index is 5.91. The molecular formula is C18H21N7. The molecule has 3 aromatic rings. The molecule has 2 aromatic heterocycles. The molecule has 128 valence electrons. The van der Waals surface area contributed by atoms with Gasteiger partial charge in [-0.15, -0.1) is 0 Å². The van der Waals surface area contributed by atoms with Crippen molar-refractivity contribution >= 4 is 22.8 Å². The number of rotatable bonds is 4. The molecule has 1 aromatic carbocycles. The second-order valence-electron chi connectivity index (χ2n) is 6.64. The summed E-state index contributed by atoms with van der Waals surface area (Å²) in [4.78, 5) is 19.9. The first-order valence-electron chi connectivity index (χ1n) is 8.40. The van der Waals surface area contributed by atoms with Gasteiger partial charge in [-0.3, -0.25) is 4.98 Å². The van der Waals surface area contributed by atoms with E-state index in [9.17, 15) is 0 Å². The van der Waals surface area contributed by atoms with E-state index in [4.69, 9.17) is 11.5 Å². The number of anilines is 2. The first kappa shape index (κ1) is 15.7. The number of fused-ring (bicyclic) bond motifs is 1. The Morgan fingerprint density at radius 2 is 1.88 bits per heavy atom. The Bertz CT molecular complexity index is 905. The van der Waals surface area contributed by atoms with E-state index >= 15 is 0 Å². The van der Waals surface area contributed by atoms with Gasteiger partial charge in [-0.25, -0.2) is 9.97 Å². The second kappa shape index (κ2) is 6.25.